The van der Waals surface area contributed by atoms with Gasteiger partial charge in [-0.1, -0.05) is 6.07 Å². The third-order valence-corrected chi connectivity index (χ3v) is 4.54. The summed E-state index contributed by atoms with van der Waals surface area (Å²) in [7, 11) is 1.60. The molecule has 1 heterocycles. The second kappa shape index (κ2) is 12.1. The molecule has 2 N–H and O–H groups in total. The molecule has 0 fully saturated rings. The number of methoxy groups -OCH3 is 1. The van der Waals surface area contributed by atoms with Crippen LogP contribution in [-0.4, -0.2) is 37.2 Å². The summed E-state index contributed by atoms with van der Waals surface area (Å²) >= 11 is 0. The fraction of sp³-hybridized carbons (Fsp3) is 0.240. The molecule has 0 bridgehead atoms. The summed E-state index contributed by atoms with van der Waals surface area (Å²) in [6.07, 6.45) is 3.40. The van der Waals surface area contributed by atoms with E-state index in [1.54, 1.807) is 37.7 Å². The summed E-state index contributed by atoms with van der Waals surface area (Å²) in [4.78, 5) is 21.6. The van der Waals surface area contributed by atoms with Gasteiger partial charge in [0.25, 0.3) is 5.91 Å². The molecule has 0 aliphatic carbocycles. The van der Waals surface area contributed by atoms with Gasteiger partial charge in [-0.05, 0) is 61.9 Å². The number of amides is 1. The minimum Gasteiger partial charge on any atom is -0.497 e. The van der Waals surface area contributed by atoms with Gasteiger partial charge in [0, 0.05) is 29.7 Å². The van der Waals surface area contributed by atoms with Crippen molar-refractivity contribution in [1.29, 1.82) is 0 Å². The number of benzene rings is 2. The van der Waals surface area contributed by atoms with Gasteiger partial charge in [-0.15, -0.1) is 0 Å². The van der Waals surface area contributed by atoms with Gasteiger partial charge in [0.1, 0.15) is 5.75 Å². The van der Waals surface area contributed by atoms with Crippen LogP contribution in [0.15, 0.2) is 72.0 Å². The molecule has 1 aromatic heterocycles. The highest BCUT2D eigenvalue weighted by Crippen LogP contribution is 2.28. The molecule has 8 heteroatoms. The Labute approximate surface area is 193 Å². The Kier molecular flexibility index (Phi) is 8.64. The van der Waals surface area contributed by atoms with Crippen LogP contribution < -0.4 is 24.8 Å². The molecule has 0 aliphatic rings. The van der Waals surface area contributed by atoms with Crippen LogP contribution in [0.5, 0.6) is 17.2 Å². The van der Waals surface area contributed by atoms with Gasteiger partial charge in [0.15, 0.2) is 11.5 Å². The monoisotopic (exact) mass is 448 g/mol. The van der Waals surface area contributed by atoms with E-state index in [2.05, 4.69) is 20.6 Å². The van der Waals surface area contributed by atoms with Crippen molar-refractivity contribution >= 4 is 17.6 Å². The third-order valence-electron chi connectivity index (χ3n) is 4.54. The van der Waals surface area contributed by atoms with Crippen molar-refractivity contribution in [1.82, 2.24) is 10.3 Å². The number of hydrogen-bond acceptors (Lipinski definition) is 6. The van der Waals surface area contributed by atoms with E-state index in [4.69, 9.17) is 14.2 Å². The number of carbonyl (C=O) groups excluding carboxylic acids is 1. The molecule has 172 valence electrons. The lowest BCUT2D eigenvalue weighted by atomic mass is 10.2. The van der Waals surface area contributed by atoms with Crippen LogP contribution in [0, 0.1) is 0 Å². The first-order valence-electron chi connectivity index (χ1n) is 10.7. The van der Waals surface area contributed by atoms with Crippen molar-refractivity contribution in [2.75, 3.05) is 25.6 Å². The zero-order valence-corrected chi connectivity index (χ0v) is 19.0. The number of rotatable bonds is 9. The van der Waals surface area contributed by atoms with Gasteiger partial charge >= 0.3 is 0 Å². The highest BCUT2D eigenvalue weighted by Gasteiger charge is 2.14. The summed E-state index contributed by atoms with van der Waals surface area (Å²) < 4.78 is 16.5. The Bertz CT molecular complexity index is 1090. The molecule has 0 atom stereocenters. The Hall–Kier alpha value is -4.07. The number of nitrogens with zero attached hydrogens (tertiary/aromatic N) is 2. The maximum absolute atomic E-state index is 13.0. The van der Waals surface area contributed by atoms with Gasteiger partial charge in [0.2, 0.25) is 5.96 Å². The minimum atomic E-state index is -0.331. The molecule has 3 aromatic rings. The topological polar surface area (TPSA) is 94.1 Å². The molecule has 0 saturated heterocycles. The first kappa shape index (κ1) is 23.6. The van der Waals surface area contributed by atoms with Crippen molar-refractivity contribution in [3.05, 3.63) is 78.1 Å². The largest absolute Gasteiger partial charge is 0.497 e. The number of carbonyl (C=O) groups is 1. The summed E-state index contributed by atoms with van der Waals surface area (Å²) in [5, 5.41) is 6.02. The van der Waals surface area contributed by atoms with E-state index >= 15 is 0 Å². The smallest absolute Gasteiger partial charge is 0.258 e. The molecular formula is C25H28N4O4. The molecular weight excluding hydrogens is 420 g/mol. The van der Waals surface area contributed by atoms with Crippen molar-refractivity contribution in [3.8, 4) is 17.2 Å². The Morgan fingerprint density at radius 1 is 0.970 bits per heavy atom. The van der Waals surface area contributed by atoms with Crippen LogP contribution in [0.4, 0.5) is 5.69 Å². The quantitative estimate of drug-likeness (QED) is 0.375. The number of hydrogen-bond donors (Lipinski definition) is 2. The SMILES string of the molecule is CCOc1ccc(C(=O)NC(=NCc2ccncc2)Nc2cccc(OC)c2)cc1OCC. The second-order valence-corrected chi connectivity index (χ2v) is 6.86. The van der Waals surface area contributed by atoms with E-state index in [0.29, 0.717) is 48.5 Å². The predicted molar refractivity (Wildman–Crippen MR) is 128 cm³/mol. The van der Waals surface area contributed by atoms with E-state index < -0.39 is 0 Å². The van der Waals surface area contributed by atoms with E-state index in [1.165, 1.54) is 0 Å². The minimum absolute atomic E-state index is 0.303. The molecule has 3 rings (SSSR count). The van der Waals surface area contributed by atoms with Crippen molar-refractivity contribution in [3.63, 3.8) is 0 Å². The molecule has 33 heavy (non-hydrogen) atoms. The average molecular weight is 449 g/mol. The second-order valence-electron chi connectivity index (χ2n) is 6.86. The van der Waals surface area contributed by atoms with Gasteiger partial charge in [0.05, 0.1) is 26.9 Å². The standard InChI is InChI=1S/C25H28N4O4/c1-4-32-22-10-9-19(15-23(22)33-5-2)24(30)29-25(27-17-18-11-13-26-14-12-18)28-20-7-6-8-21(16-20)31-3/h6-16H,4-5,17H2,1-3H3,(H2,27,28,29,30). The number of guanidine groups is 1. The van der Waals surface area contributed by atoms with Crippen molar-refractivity contribution in [2.45, 2.75) is 20.4 Å². The lowest BCUT2D eigenvalue weighted by Gasteiger charge is -2.14. The van der Waals surface area contributed by atoms with Crippen LogP contribution in [0.25, 0.3) is 0 Å². The van der Waals surface area contributed by atoms with E-state index in [9.17, 15) is 4.79 Å². The van der Waals surface area contributed by atoms with Crippen LogP contribution in [0.3, 0.4) is 0 Å². The Morgan fingerprint density at radius 3 is 2.45 bits per heavy atom. The van der Waals surface area contributed by atoms with Crippen molar-refractivity contribution in [2.24, 2.45) is 4.99 Å². The number of anilines is 1. The molecule has 8 nitrogen and oxygen atoms in total. The summed E-state index contributed by atoms with van der Waals surface area (Å²) in [5.41, 5.74) is 2.11. The predicted octanol–water partition coefficient (Wildman–Crippen LogP) is 4.29. The van der Waals surface area contributed by atoms with E-state index in [-0.39, 0.29) is 5.91 Å². The number of aromatic nitrogens is 1. The zero-order valence-electron chi connectivity index (χ0n) is 19.0. The van der Waals surface area contributed by atoms with Gasteiger partial charge < -0.3 is 19.5 Å². The normalized spacial score (nSPS) is 10.9. The number of nitrogens with one attached hydrogen (secondary N) is 2. The lowest BCUT2D eigenvalue weighted by Crippen LogP contribution is -2.36. The molecule has 0 radical (unpaired) electrons. The molecule has 0 aliphatic heterocycles. The van der Waals surface area contributed by atoms with Crippen LogP contribution in [-0.2, 0) is 6.54 Å². The van der Waals surface area contributed by atoms with E-state index in [0.717, 1.165) is 11.3 Å². The highest BCUT2D eigenvalue weighted by molar-refractivity contribution is 6.10. The Morgan fingerprint density at radius 2 is 1.73 bits per heavy atom. The number of aliphatic imine (C=N–C) groups is 1. The molecule has 1 amide bonds. The lowest BCUT2D eigenvalue weighted by molar-refractivity contribution is 0.0976. The zero-order chi connectivity index (χ0) is 23.5. The van der Waals surface area contributed by atoms with Crippen molar-refractivity contribution < 1.29 is 19.0 Å². The summed E-state index contributed by atoms with van der Waals surface area (Å²) in [5.74, 6) is 1.77. The summed E-state index contributed by atoms with van der Waals surface area (Å²) in [6.45, 7) is 5.10. The third kappa shape index (κ3) is 6.96. The molecule has 2 aromatic carbocycles. The first-order chi connectivity index (χ1) is 16.1. The molecule has 0 saturated carbocycles. The molecule has 0 spiro atoms. The van der Waals surface area contributed by atoms with Crippen LogP contribution in [0.1, 0.15) is 29.8 Å². The molecule has 0 unspecified atom stereocenters. The van der Waals surface area contributed by atoms with Crippen LogP contribution in [0.2, 0.25) is 0 Å². The average Bonchev–Trinajstić information content (AvgIpc) is 2.84. The van der Waals surface area contributed by atoms with Gasteiger partial charge in [-0.3, -0.25) is 15.1 Å². The fourth-order valence-corrected chi connectivity index (χ4v) is 2.98. The first-order valence-corrected chi connectivity index (χ1v) is 10.7. The van der Waals surface area contributed by atoms with Crippen LogP contribution >= 0.6 is 0 Å². The Balaban J connectivity index is 1.83. The maximum atomic E-state index is 13.0. The summed E-state index contributed by atoms with van der Waals surface area (Å²) in [6, 6.07) is 16.2. The number of ether oxygens (including phenoxy) is 3. The van der Waals surface area contributed by atoms with E-state index in [1.807, 2.05) is 50.2 Å². The highest BCUT2D eigenvalue weighted by atomic mass is 16.5. The maximum Gasteiger partial charge on any atom is 0.258 e. The van der Waals surface area contributed by atoms with Gasteiger partial charge in [-0.25, -0.2) is 4.99 Å². The van der Waals surface area contributed by atoms with Gasteiger partial charge in [-0.2, -0.15) is 0 Å². The fourth-order valence-electron chi connectivity index (χ4n) is 2.98. The number of pyridine rings is 1.